The first-order valence-electron chi connectivity index (χ1n) is 3.32. The Bertz CT molecular complexity index is 280. The molecule has 0 bridgehead atoms. The number of nitrogens with two attached hydrogens (primary N) is 1. The molecule has 0 radical (unpaired) electrons. The number of nitrogens with zero attached hydrogens (tertiary/aromatic N) is 1. The van der Waals surface area contributed by atoms with Gasteiger partial charge < -0.3 is 10.8 Å². The Morgan fingerprint density at radius 2 is 2.25 bits per heavy atom. The second-order valence-corrected chi connectivity index (χ2v) is 3.11. The van der Waals surface area contributed by atoms with Crippen LogP contribution in [0.2, 0.25) is 10.2 Å². The molecule has 66 valence electrons. The van der Waals surface area contributed by atoms with E-state index in [0.29, 0.717) is 15.7 Å². The minimum absolute atomic E-state index is 0.167. The van der Waals surface area contributed by atoms with E-state index in [0.717, 1.165) is 0 Å². The fourth-order valence-corrected chi connectivity index (χ4v) is 1.22. The summed E-state index contributed by atoms with van der Waals surface area (Å²) in [6, 6.07) is 1.04. The van der Waals surface area contributed by atoms with Gasteiger partial charge >= 0.3 is 0 Å². The van der Waals surface area contributed by atoms with Gasteiger partial charge in [0.1, 0.15) is 5.15 Å². The van der Waals surface area contributed by atoms with Gasteiger partial charge in [-0.1, -0.05) is 23.2 Å². The van der Waals surface area contributed by atoms with Crippen LogP contribution in [0.25, 0.3) is 0 Å². The lowest BCUT2D eigenvalue weighted by Crippen LogP contribution is -2.15. The smallest absolute Gasteiger partial charge is 0.129 e. The molecule has 0 unspecified atom stereocenters. The van der Waals surface area contributed by atoms with Crippen LogP contribution in [0, 0.1) is 0 Å². The van der Waals surface area contributed by atoms with Gasteiger partial charge in [0.15, 0.2) is 0 Å². The van der Waals surface area contributed by atoms with Gasteiger partial charge in [0.2, 0.25) is 0 Å². The summed E-state index contributed by atoms with van der Waals surface area (Å²) >= 11 is 11.4. The molecule has 0 spiro atoms. The summed E-state index contributed by atoms with van der Waals surface area (Å²) in [4.78, 5) is 3.75. The molecule has 0 aliphatic heterocycles. The fourth-order valence-electron chi connectivity index (χ4n) is 0.810. The minimum atomic E-state index is -0.502. The molecule has 0 amide bonds. The van der Waals surface area contributed by atoms with E-state index < -0.39 is 6.04 Å². The third-order valence-corrected chi connectivity index (χ3v) is 1.97. The number of hydrogen-bond acceptors (Lipinski definition) is 3. The Hall–Kier alpha value is -0.350. The average molecular weight is 207 g/mol. The van der Waals surface area contributed by atoms with Crippen LogP contribution in [0.1, 0.15) is 11.6 Å². The standard InChI is InChI=1S/C7H8Cl2N2O/c8-5-2-11-7(9)1-4(5)6(10)3-12/h1-2,6,12H,3,10H2/t6-/m1/s1. The predicted molar refractivity (Wildman–Crippen MR) is 48.3 cm³/mol. The molecular formula is C7H8Cl2N2O. The van der Waals surface area contributed by atoms with Crippen LogP contribution in [0.4, 0.5) is 0 Å². The Morgan fingerprint density at radius 3 is 2.83 bits per heavy atom. The largest absolute Gasteiger partial charge is 0.394 e. The Balaban J connectivity index is 3.04. The number of hydrogen-bond donors (Lipinski definition) is 2. The highest BCUT2D eigenvalue weighted by molar-refractivity contribution is 6.32. The maximum Gasteiger partial charge on any atom is 0.129 e. The predicted octanol–water partition coefficient (Wildman–Crippen LogP) is 1.38. The summed E-state index contributed by atoms with van der Waals surface area (Å²) in [5.74, 6) is 0. The van der Waals surface area contributed by atoms with E-state index in [4.69, 9.17) is 34.0 Å². The zero-order valence-electron chi connectivity index (χ0n) is 6.17. The highest BCUT2D eigenvalue weighted by Gasteiger charge is 2.09. The molecule has 0 saturated heterocycles. The highest BCUT2D eigenvalue weighted by atomic mass is 35.5. The van der Waals surface area contributed by atoms with E-state index in [-0.39, 0.29) is 6.61 Å². The molecule has 1 heterocycles. The first-order valence-corrected chi connectivity index (χ1v) is 4.08. The summed E-state index contributed by atoms with van der Waals surface area (Å²) < 4.78 is 0. The number of pyridine rings is 1. The summed E-state index contributed by atoms with van der Waals surface area (Å²) in [7, 11) is 0. The molecule has 1 aromatic heterocycles. The molecule has 0 saturated carbocycles. The lowest BCUT2D eigenvalue weighted by Gasteiger charge is -2.09. The van der Waals surface area contributed by atoms with Gasteiger partial charge in [-0.05, 0) is 11.6 Å². The van der Waals surface area contributed by atoms with Crippen molar-refractivity contribution in [3.8, 4) is 0 Å². The van der Waals surface area contributed by atoms with Crippen LogP contribution in [-0.2, 0) is 0 Å². The molecule has 0 aromatic carbocycles. The third kappa shape index (κ3) is 2.08. The van der Waals surface area contributed by atoms with E-state index in [9.17, 15) is 0 Å². The second-order valence-electron chi connectivity index (χ2n) is 2.32. The molecule has 0 aliphatic rings. The average Bonchev–Trinajstić information content (AvgIpc) is 2.08. The van der Waals surface area contributed by atoms with Crippen LogP contribution < -0.4 is 5.73 Å². The molecule has 3 nitrogen and oxygen atoms in total. The molecule has 3 N–H and O–H groups in total. The number of aliphatic hydroxyl groups excluding tert-OH is 1. The van der Waals surface area contributed by atoms with E-state index in [2.05, 4.69) is 4.98 Å². The van der Waals surface area contributed by atoms with Crippen molar-refractivity contribution in [3.05, 3.63) is 28.0 Å². The van der Waals surface area contributed by atoms with Crippen molar-refractivity contribution in [1.29, 1.82) is 0 Å². The van der Waals surface area contributed by atoms with Crippen LogP contribution in [-0.4, -0.2) is 16.7 Å². The fraction of sp³-hybridized carbons (Fsp3) is 0.286. The van der Waals surface area contributed by atoms with E-state index in [1.807, 2.05) is 0 Å². The summed E-state index contributed by atoms with van der Waals surface area (Å²) in [5.41, 5.74) is 6.15. The molecule has 5 heteroatoms. The van der Waals surface area contributed by atoms with Crippen molar-refractivity contribution in [2.45, 2.75) is 6.04 Å². The molecular weight excluding hydrogens is 199 g/mol. The molecule has 12 heavy (non-hydrogen) atoms. The topological polar surface area (TPSA) is 59.1 Å². The Kier molecular flexibility index (Phi) is 3.29. The van der Waals surface area contributed by atoms with Crippen molar-refractivity contribution < 1.29 is 5.11 Å². The van der Waals surface area contributed by atoms with Gasteiger partial charge in [0.05, 0.1) is 17.7 Å². The number of rotatable bonds is 2. The van der Waals surface area contributed by atoms with Gasteiger partial charge in [0, 0.05) is 6.20 Å². The molecule has 1 rings (SSSR count). The second kappa shape index (κ2) is 4.05. The lowest BCUT2D eigenvalue weighted by atomic mass is 10.1. The monoisotopic (exact) mass is 206 g/mol. The minimum Gasteiger partial charge on any atom is -0.394 e. The van der Waals surface area contributed by atoms with Gasteiger partial charge in [-0.2, -0.15) is 0 Å². The molecule has 0 fully saturated rings. The summed E-state index contributed by atoms with van der Waals surface area (Å²) in [6.45, 7) is -0.167. The first-order chi connectivity index (χ1) is 5.65. The van der Waals surface area contributed by atoms with Crippen molar-refractivity contribution in [2.75, 3.05) is 6.61 Å². The first kappa shape index (κ1) is 9.74. The van der Waals surface area contributed by atoms with Gasteiger partial charge in [0.25, 0.3) is 0 Å². The molecule has 1 aromatic rings. The van der Waals surface area contributed by atoms with E-state index in [1.165, 1.54) is 6.20 Å². The quantitative estimate of drug-likeness (QED) is 0.720. The van der Waals surface area contributed by atoms with E-state index >= 15 is 0 Å². The molecule has 1 atom stereocenters. The van der Waals surface area contributed by atoms with Gasteiger partial charge in [-0.25, -0.2) is 4.98 Å². The van der Waals surface area contributed by atoms with E-state index in [1.54, 1.807) is 6.07 Å². The number of halogens is 2. The summed E-state index contributed by atoms with van der Waals surface area (Å²) in [6.07, 6.45) is 1.41. The zero-order valence-corrected chi connectivity index (χ0v) is 7.68. The number of aliphatic hydroxyl groups is 1. The van der Waals surface area contributed by atoms with Crippen molar-refractivity contribution in [2.24, 2.45) is 5.73 Å². The van der Waals surface area contributed by atoms with Crippen LogP contribution >= 0.6 is 23.2 Å². The Morgan fingerprint density at radius 1 is 1.58 bits per heavy atom. The maximum atomic E-state index is 8.76. The SMILES string of the molecule is N[C@H](CO)c1cc(Cl)ncc1Cl. The Labute approximate surface area is 80.1 Å². The van der Waals surface area contributed by atoms with Crippen LogP contribution in [0.15, 0.2) is 12.3 Å². The van der Waals surface area contributed by atoms with Crippen LogP contribution in [0.3, 0.4) is 0 Å². The van der Waals surface area contributed by atoms with Crippen LogP contribution in [0.5, 0.6) is 0 Å². The third-order valence-electron chi connectivity index (χ3n) is 1.45. The highest BCUT2D eigenvalue weighted by Crippen LogP contribution is 2.22. The summed E-state index contributed by atoms with van der Waals surface area (Å²) in [5, 5.41) is 9.49. The normalized spacial score (nSPS) is 13.0. The molecule has 0 aliphatic carbocycles. The van der Waals surface area contributed by atoms with Crippen molar-refractivity contribution in [1.82, 2.24) is 4.98 Å². The zero-order chi connectivity index (χ0) is 9.14. The lowest BCUT2D eigenvalue weighted by molar-refractivity contribution is 0.268. The van der Waals surface area contributed by atoms with Crippen molar-refractivity contribution in [3.63, 3.8) is 0 Å². The maximum absolute atomic E-state index is 8.76. The van der Waals surface area contributed by atoms with Crippen molar-refractivity contribution >= 4 is 23.2 Å². The number of aromatic nitrogens is 1. The van der Waals surface area contributed by atoms with Gasteiger partial charge in [-0.3, -0.25) is 0 Å². The van der Waals surface area contributed by atoms with Gasteiger partial charge in [-0.15, -0.1) is 0 Å².